The maximum Gasteiger partial charge on any atom is 0.161 e. The first-order valence-electron chi connectivity index (χ1n) is 7.23. The molecule has 1 aliphatic rings. The van der Waals surface area contributed by atoms with Crippen LogP contribution in [0.15, 0.2) is 17.8 Å². The third-order valence-electron chi connectivity index (χ3n) is 3.80. The van der Waals surface area contributed by atoms with Crippen LogP contribution in [0.2, 0.25) is 0 Å². The highest BCUT2D eigenvalue weighted by molar-refractivity contribution is 5.29. The Morgan fingerprint density at radius 3 is 2.95 bits per heavy atom. The van der Waals surface area contributed by atoms with E-state index in [1.807, 2.05) is 11.7 Å². The molecular formula is C15H25N3O. The van der Waals surface area contributed by atoms with Crippen LogP contribution in [-0.4, -0.2) is 23.4 Å². The van der Waals surface area contributed by atoms with Gasteiger partial charge in [-0.05, 0) is 38.6 Å². The maximum absolute atomic E-state index is 5.44. The standard InChI is InChI=1S/C15H25N3O/c1-4-16-13(10-12-8-6-5-7-9-12)15-14(19-3)11-17-18(15)2/h8,11,13,16H,4-7,9-10H2,1-3H3. The van der Waals surface area contributed by atoms with Crippen LogP contribution in [0.25, 0.3) is 0 Å². The van der Waals surface area contributed by atoms with Gasteiger partial charge in [0.2, 0.25) is 0 Å². The first-order valence-corrected chi connectivity index (χ1v) is 7.23. The predicted octanol–water partition coefficient (Wildman–Crippen LogP) is 2.97. The van der Waals surface area contributed by atoms with Crippen LogP contribution in [0, 0.1) is 0 Å². The number of aromatic nitrogens is 2. The molecule has 4 nitrogen and oxygen atoms in total. The Balaban J connectivity index is 2.18. The first kappa shape index (κ1) is 14.1. The lowest BCUT2D eigenvalue weighted by molar-refractivity contribution is 0.392. The molecule has 1 N–H and O–H groups in total. The molecule has 1 aromatic rings. The van der Waals surface area contributed by atoms with Crippen LogP contribution >= 0.6 is 0 Å². The predicted molar refractivity (Wildman–Crippen MR) is 77.3 cm³/mol. The van der Waals surface area contributed by atoms with Gasteiger partial charge in [-0.25, -0.2) is 0 Å². The van der Waals surface area contributed by atoms with Crippen molar-refractivity contribution in [3.05, 3.63) is 23.5 Å². The summed E-state index contributed by atoms with van der Waals surface area (Å²) < 4.78 is 7.37. The summed E-state index contributed by atoms with van der Waals surface area (Å²) >= 11 is 0. The van der Waals surface area contributed by atoms with Gasteiger partial charge in [0.15, 0.2) is 5.75 Å². The molecule has 0 fully saturated rings. The van der Waals surface area contributed by atoms with Gasteiger partial charge in [0.25, 0.3) is 0 Å². The highest BCUT2D eigenvalue weighted by Crippen LogP contribution is 2.31. The van der Waals surface area contributed by atoms with Crippen LogP contribution in [0.4, 0.5) is 0 Å². The van der Waals surface area contributed by atoms with Crippen molar-refractivity contribution in [2.75, 3.05) is 13.7 Å². The Hall–Kier alpha value is -1.29. The fourth-order valence-corrected chi connectivity index (χ4v) is 2.85. The number of ether oxygens (including phenoxy) is 1. The number of allylic oxidation sites excluding steroid dienone is 1. The van der Waals surface area contributed by atoms with Gasteiger partial charge < -0.3 is 10.1 Å². The van der Waals surface area contributed by atoms with Crippen LogP contribution in [-0.2, 0) is 7.05 Å². The molecule has 0 saturated heterocycles. The number of aryl methyl sites for hydroxylation is 1. The van der Waals surface area contributed by atoms with Crippen molar-refractivity contribution in [2.45, 2.75) is 45.1 Å². The number of nitrogens with one attached hydrogen (secondary N) is 1. The van der Waals surface area contributed by atoms with Crippen LogP contribution in [0.1, 0.15) is 50.8 Å². The normalized spacial score (nSPS) is 17.1. The third kappa shape index (κ3) is 3.38. The summed E-state index contributed by atoms with van der Waals surface area (Å²) in [6, 6.07) is 0.289. The van der Waals surface area contributed by atoms with E-state index >= 15 is 0 Å². The molecule has 2 rings (SSSR count). The summed E-state index contributed by atoms with van der Waals surface area (Å²) in [5.41, 5.74) is 2.72. The number of rotatable bonds is 6. The molecule has 4 heteroatoms. The fraction of sp³-hybridized carbons (Fsp3) is 0.667. The average molecular weight is 263 g/mol. The highest BCUT2D eigenvalue weighted by atomic mass is 16.5. The number of nitrogens with zero attached hydrogens (tertiary/aromatic N) is 2. The molecule has 1 unspecified atom stereocenters. The Kier molecular flexibility index (Phi) is 5.02. The van der Waals surface area contributed by atoms with Gasteiger partial charge in [-0.3, -0.25) is 4.68 Å². The minimum Gasteiger partial charge on any atom is -0.493 e. The Morgan fingerprint density at radius 2 is 2.32 bits per heavy atom. The molecule has 1 atom stereocenters. The molecule has 0 amide bonds. The van der Waals surface area contributed by atoms with E-state index in [-0.39, 0.29) is 6.04 Å². The van der Waals surface area contributed by atoms with Crippen molar-refractivity contribution in [2.24, 2.45) is 7.05 Å². The highest BCUT2D eigenvalue weighted by Gasteiger charge is 2.21. The van der Waals surface area contributed by atoms with Crippen LogP contribution in [0.3, 0.4) is 0 Å². The molecule has 1 aliphatic carbocycles. The molecule has 0 aliphatic heterocycles. The SMILES string of the molecule is CCNC(CC1=CCCCC1)c1c(OC)cnn1C. The summed E-state index contributed by atoms with van der Waals surface area (Å²) in [7, 11) is 3.70. The second-order valence-electron chi connectivity index (χ2n) is 5.14. The van der Waals surface area contributed by atoms with Gasteiger partial charge >= 0.3 is 0 Å². The zero-order valence-electron chi connectivity index (χ0n) is 12.3. The summed E-state index contributed by atoms with van der Waals surface area (Å²) in [5.74, 6) is 0.879. The molecule has 1 heterocycles. The molecule has 19 heavy (non-hydrogen) atoms. The molecular weight excluding hydrogens is 238 g/mol. The summed E-state index contributed by atoms with van der Waals surface area (Å²) in [5, 5.41) is 7.88. The lowest BCUT2D eigenvalue weighted by Gasteiger charge is -2.22. The van der Waals surface area contributed by atoms with Crippen LogP contribution < -0.4 is 10.1 Å². The van der Waals surface area contributed by atoms with E-state index in [0.717, 1.165) is 24.4 Å². The Bertz CT molecular complexity index is 437. The van der Waals surface area contributed by atoms with E-state index in [9.17, 15) is 0 Å². The van der Waals surface area contributed by atoms with E-state index in [1.165, 1.54) is 25.7 Å². The number of methoxy groups -OCH3 is 1. The summed E-state index contributed by atoms with van der Waals surface area (Å²) in [6.45, 7) is 3.09. The smallest absolute Gasteiger partial charge is 0.161 e. The molecule has 1 aromatic heterocycles. The van der Waals surface area contributed by atoms with E-state index in [0.29, 0.717) is 0 Å². The fourth-order valence-electron chi connectivity index (χ4n) is 2.85. The third-order valence-corrected chi connectivity index (χ3v) is 3.80. The molecule has 0 radical (unpaired) electrons. The zero-order valence-corrected chi connectivity index (χ0v) is 12.3. The van der Waals surface area contributed by atoms with Gasteiger partial charge in [0.1, 0.15) is 0 Å². The van der Waals surface area contributed by atoms with Gasteiger partial charge in [-0.2, -0.15) is 5.10 Å². The van der Waals surface area contributed by atoms with E-state index in [1.54, 1.807) is 18.9 Å². The van der Waals surface area contributed by atoms with E-state index < -0.39 is 0 Å². The number of hydrogen-bond donors (Lipinski definition) is 1. The molecule has 0 aromatic carbocycles. The lowest BCUT2D eigenvalue weighted by atomic mass is 9.93. The van der Waals surface area contributed by atoms with Crippen molar-refractivity contribution in [1.82, 2.24) is 15.1 Å². The first-order chi connectivity index (χ1) is 9.26. The average Bonchev–Trinajstić information content (AvgIpc) is 2.80. The molecule has 0 spiro atoms. The van der Waals surface area contributed by atoms with Gasteiger partial charge in [0, 0.05) is 7.05 Å². The Morgan fingerprint density at radius 1 is 1.47 bits per heavy atom. The van der Waals surface area contributed by atoms with E-state index in [4.69, 9.17) is 4.74 Å². The van der Waals surface area contributed by atoms with Gasteiger partial charge in [-0.15, -0.1) is 0 Å². The zero-order chi connectivity index (χ0) is 13.7. The van der Waals surface area contributed by atoms with Crippen molar-refractivity contribution < 1.29 is 4.74 Å². The Labute approximate surface area is 115 Å². The molecule has 0 saturated carbocycles. The van der Waals surface area contributed by atoms with Crippen molar-refractivity contribution in [3.63, 3.8) is 0 Å². The van der Waals surface area contributed by atoms with Crippen molar-refractivity contribution >= 4 is 0 Å². The molecule has 0 bridgehead atoms. The maximum atomic E-state index is 5.44. The molecule has 106 valence electrons. The number of hydrogen-bond acceptors (Lipinski definition) is 3. The van der Waals surface area contributed by atoms with Crippen molar-refractivity contribution in [1.29, 1.82) is 0 Å². The summed E-state index contributed by atoms with van der Waals surface area (Å²) in [6.07, 6.45) is 10.4. The van der Waals surface area contributed by atoms with E-state index in [2.05, 4.69) is 23.4 Å². The summed E-state index contributed by atoms with van der Waals surface area (Å²) in [4.78, 5) is 0. The van der Waals surface area contributed by atoms with Crippen molar-refractivity contribution in [3.8, 4) is 5.75 Å². The van der Waals surface area contributed by atoms with Gasteiger partial charge in [0.05, 0.1) is 25.0 Å². The largest absolute Gasteiger partial charge is 0.493 e. The second kappa shape index (κ2) is 6.75. The minimum atomic E-state index is 0.289. The second-order valence-corrected chi connectivity index (χ2v) is 5.14. The topological polar surface area (TPSA) is 39.1 Å². The monoisotopic (exact) mass is 263 g/mol. The minimum absolute atomic E-state index is 0.289. The van der Waals surface area contributed by atoms with Gasteiger partial charge in [-0.1, -0.05) is 18.6 Å². The lowest BCUT2D eigenvalue weighted by Crippen LogP contribution is -2.24. The quantitative estimate of drug-likeness (QED) is 0.802. The van der Waals surface area contributed by atoms with Crippen LogP contribution in [0.5, 0.6) is 5.75 Å².